The van der Waals surface area contributed by atoms with Crippen LogP contribution in [0.4, 0.5) is 0 Å². The van der Waals surface area contributed by atoms with Crippen LogP contribution in [-0.4, -0.2) is 43.6 Å². The Bertz CT molecular complexity index is 7120. The van der Waals surface area contributed by atoms with Gasteiger partial charge in [0.2, 0.25) is 0 Å². The molecule has 0 amide bonds. The van der Waals surface area contributed by atoms with Crippen LogP contribution in [0.5, 0.6) is 0 Å². The van der Waals surface area contributed by atoms with Crippen LogP contribution in [0.15, 0.2) is 365 Å². The van der Waals surface area contributed by atoms with E-state index >= 15 is 0 Å². The molecule has 21 rings (SSSR count). The van der Waals surface area contributed by atoms with E-state index in [-0.39, 0.29) is 60.3 Å². The number of nitrogens with zero attached hydrogens (tertiary/aromatic N) is 9. The number of fused-ring (bicyclic) bond motifs is 9. The topological polar surface area (TPSA) is 92.1 Å². The summed E-state index contributed by atoms with van der Waals surface area (Å²) in [6, 6.07) is 133. The maximum atomic E-state index is 4.61. The quantitative estimate of drug-likeness (QED) is 0.0795. The van der Waals surface area contributed by atoms with Gasteiger partial charge in [-0.15, -0.1) is 179 Å². The molecule has 135 heavy (non-hydrogen) atoms. The Balaban J connectivity index is 0.000000137. The molecule has 9 aromatic heterocycles. The standard InChI is InChI=1S/3C22H21N2.3C19H16N.3Ir/c1-15(2)14-24-21-10-5-4-7-17(21)18-8-6-9-19(22(18)24)20-13-16(3)11-12-23-20;1-15(2)14-24-21-7-5-4-6-18(21)19-13-17(8-9-22(19)24)20-12-16(3)10-11-23-20;1-15(2)14-24-21-7-5-4-6-18(21)19-9-8-17(13-22(19)24)20-12-16(3)10-11-23-20;3*1-2-15-13-19(17-11-7-4-8-12-17)20-14-18(15)16-9-5-3-6-10-16;;;/h4-8,10-13,15H,14H2,1-3H3;2*4-7,9-13,15H,14H2,1-3H3;3*3-11,13-14H,2H2,1H3;;;/q6*-1;;;. The van der Waals surface area contributed by atoms with Crippen molar-refractivity contribution >= 4 is 65.4 Å². The van der Waals surface area contributed by atoms with Crippen molar-refractivity contribution in [2.24, 2.45) is 17.8 Å². The molecule has 0 atom stereocenters. The van der Waals surface area contributed by atoms with Crippen LogP contribution >= 0.6 is 0 Å². The number of rotatable bonds is 18. The first-order chi connectivity index (χ1) is 64.6. The van der Waals surface area contributed by atoms with Crippen molar-refractivity contribution in [3.05, 3.63) is 435 Å². The van der Waals surface area contributed by atoms with E-state index in [1.165, 1.54) is 132 Å². The minimum absolute atomic E-state index is 0. The van der Waals surface area contributed by atoms with E-state index in [1.54, 1.807) is 0 Å². The van der Waals surface area contributed by atoms with Crippen molar-refractivity contribution in [2.75, 3.05) is 0 Å². The number of hydrogen-bond donors (Lipinski definition) is 0. The van der Waals surface area contributed by atoms with Crippen molar-refractivity contribution < 1.29 is 60.3 Å². The summed E-state index contributed by atoms with van der Waals surface area (Å²) in [5.41, 5.74) is 34.8. The maximum Gasteiger partial charge on any atom is 0.0391 e. The van der Waals surface area contributed by atoms with Gasteiger partial charge in [0.1, 0.15) is 0 Å². The molecule has 0 unspecified atom stereocenters. The molecule has 0 spiro atoms. The fourth-order valence-electron chi connectivity index (χ4n) is 17.3. The fraction of sp³-hybridized carbons (Fsp3) is 0.171. The normalized spacial score (nSPS) is 10.9. The van der Waals surface area contributed by atoms with E-state index in [2.05, 4.69) is 375 Å². The molecular weight excluding hydrogens is 2180 g/mol. The predicted molar refractivity (Wildman–Crippen MR) is 553 cm³/mol. The van der Waals surface area contributed by atoms with Gasteiger partial charge in [-0.1, -0.05) is 277 Å². The minimum Gasteiger partial charge on any atom is -0.380 e. The van der Waals surface area contributed by atoms with Crippen LogP contribution in [-0.2, 0) is 99.2 Å². The summed E-state index contributed by atoms with van der Waals surface area (Å²) in [6.07, 6.45) is 14.5. The van der Waals surface area contributed by atoms with Crippen molar-refractivity contribution in [3.8, 4) is 101 Å². The van der Waals surface area contributed by atoms with E-state index in [0.717, 1.165) is 106 Å². The van der Waals surface area contributed by atoms with Gasteiger partial charge >= 0.3 is 0 Å². The molecule has 0 aliphatic heterocycles. The molecule has 0 N–H and O–H groups in total. The van der Waals surface area contributed by atoms with Crippen molar-refractivity contribution in [3.63, 3.8) is 0 Å². The molecule has 0 saturated carbocycles. The number of pyridine rings is 6. The van der Waals surface area contributed by atoms with E-state index in [0.29, 0.717) is 17.8 Å². The van der Waals surface area contributed by atoms with Crippen molar-refractivity contribution in [1.82, 2.24) is 43.6 Å². The van der Waals surface area contributed by atoms with E-state index in [1.807, 2.05) is 152 Å². The van der Waals surface area contributed by atoms with Crippen LogP contribution in [0.25, 0.3) is 166 Å². The molecule has 21 aromatic rings. The zero-order valence-electron chi connectivity index (χ0n) is 78.6. The predicted octanol–water partition coefficient (Wildman–Crippen LogP) is 31.2. The van der Waals surface area contributed by atoms with E-state index in [9.17, 15) is 0 Å². The van der Waals surface area contributed by atoms with Crippen molar-refractivity contribution in [2.45, 2.75) is 122 Å². The van der Waals surface area contributed by atoms with E-state index < -0.39 is 0 Å². The smallest absolute Gasteiger partial charge is 0.0391 e. The summed E-state index contributed by atoms with van der Waals surface area (Å²) >= 11 is 0. The summed E-state index contributed by atoms with van der Waals surface area (Å²) in [4.78, 5) is 27.4. The van der Waals surface area contributed by atoms with Crippen LogP contribution < -0.4 is 0 Å². The molecule has 3 radical (unpaired) electrons. The summed E-state index contributed by atoms with van der Waals surface area (Å²) in [7, 11) is 0. The number of aromatic nitrogens is 9. The first kappa shape index (κ1) is 99.4. The molecule has 0 fully saturated rings. The average molecular weight is 2290 g/mol. The molecule has 0 saturated heterocycles. The molecule has 9 heterocycles. The Morgan fingerprint density at radius 2 is 0.600 bits per heavy atom. The number of hydrogen-bond acceptors (Lipinski definition) is 6. The largest absolute Gasteiger partial charge is 0.380 e. The van der Waals surface area contributed by atoms with Crippen LogP contribution in [0.1, 0.15) is 95.7 Å². The molecule has 12 heteroatoms. The summed E-state index contributed by atoms with van der Waals surface area (Å²) in [5.74, 6) is 1.76. The van der Waals surface area contributed by atoms with Gasteiger partial charge in [0.05, 0.1) is 0 Å². The monoisotopic (exact) mass is 2290 g/mol. The average Bonchev–Trinajstić information content (AvgIpc) is 1.60. The summed E-state index contributed by atoms with van der Waals surface area (Å²) in [6.45, 7) is 29.4. The first-order valence-electron chi connectivity index (χ1n) is 46.2. The molecule has 12 aromatic carbocycles. The van der Waals surface area contributed by atoms with Gasteiger partial charge in [-0.25, -0.2) is 0 Å². The second kappa shape index (κ2) is 47.7. The first-order valence-corrected chi connectivity index (χ1v) is 46.2. The van der Waals surface area contributed by atoms with Gasteiger partial charge in [-0.2, -0.15) is 0 Å². The zero-order valence-corrected chi connectivity index (χ0v) is 85.8. The zero-order chi connectivity index (χ0) is 91.4. The van der Waals surface area contributed by atoms with Gasteiger partial charge in [0.25, 0.3) is 0 Å². The third-order valence-corrected chi connectivity index (χ3v) is 23.7. The number of para-hydroxylation sites is 3. The van der Waals surface area contributed by atoms with Crippen molar-refractivity contribution in [1.29, 1.82) is 0 Å². The van der Waals surface area contributed by atoms with Crippen LogP contribution in [0.3, 0.4) is 0 Å². The second-order valence-corrected chi connectivity index (χ2v) is 34.8. The Kier molecular flexibility index (Phi) is 35.1. The third-order valence-electron chi connectivity index (χ3n) is 23.7. The minimum atomic E-state index is 0. The molecule has 0 aliphatic carbocycles. The SMILES string of the molecule is CCc1cc(-c2[c-]cccc2)ncc1-c1ccccc1.CCc1cc(-c2[c-]cccc2)ncc1-c1ccccc1.CCc1cc(-c2[c-]cccc2)ncc1-c1ccccc1.Cc1ccnc(-c2[c-]cc3c(c2)c2ccccc2n3CC(C)C)c1.Cc1ccnc(-c2[c-]cc3c4ccccc4n(CC(C)C)c3c2)c1.Cc1ccnc(-c2[c-]ccc3c4ccccc4n(CC(C)C)c23)c1.[Ir].[Ir].[Ir]. The Labute approximate surface area is 837 Å². The molecule has 0 aliphatic rings. The summed E-state index contributed by atoms with van der Waals surface area (Å²) in [5, 5.41) is 7.73. The second-order valence-electron chi connectivity index (χ2n) is 34.8. The maximum absolute atomic E-state index is 4.61. The molecular formula is C123H111Ir3N9-6. The Morgan fingerprint density at radius 3 is 1.00 bits per heavy atom. The van der Waals surface area contributed by atoms with E-state index in [4.69, 9.17) is 0 Å². The van der Waals surface area contributed by atoms with Crippen LogP contribution in [0, 0.1) is 74.9 Å². The van der Waals surface area contributed by atoms with Gasteiger partial charge in [-0.3, -0.25) is 0 Å². The number of aryl methyl sites for hydroxylation is 6. The van der Waals surface area contributed by atoms with Gasteiger partial charge in [-0.05, 0) is 194 Å². The number of benzene rings is 12. The van der Waals surface area contributed by atoms with Gasteiger partial charge in [0.15, 0.2) is 0 Å². The van der Waals surface area contributed by atoms with Gasteiger partial charge in [0, 0.05) is 150 Å². The molecule has 9 nitrogen and oxygen atoms in total. The fourth-order valence-corrected chi connectivity index (χ4v) is 17.3. The van der Waals surface area contributed by atoms with Crippen LogP contribution in [0.2, 0.25) is 0 Å². The van der Waals surface area contributed by atoms with Gasteiger partial charge < -0.3 is 43.6 Å². The molecule has 681 valence electrons. The third kappa shape index (κ3) is 24.0. The summed E-state index contributed by atoms with van der Waals surface area (Å²) < 4.78 is 7.28. The Morgan fingerprint density at radius 1 is 0.259 bits per heavy atom. The molecule has 0 bridgehead atoms. The Hall–Kier alpha value is -13.1.